The fraction of sp³-hybridized carbons (Fsp3) is 0.556. The molecular formula is C9H14N4. The second-order valence-electron chi connectivity index (χ2n) is 3.19. The minimum absolute atomic E-state index is 1.05. The van der Waals surface area contributed by atoms with E-state index in [4.69, 9.17) is 0 Å². The SMILES string of the molecule is c1ncc(N2CCCNCC2)cn1. The van der Waals surface area contributed by atoms with Crippen molar-refractivity contribution in [2.45, 2.75) is 6.42 Å². The third-order valence-corrected chi connectivity index (χ3v) is 2.25. The normalized spacial score (nSPS) is 18.3. The van der Waals surface area contributed by atoms with E-state index in [2.05, 4.69) is 20.2 Å². The third kappa shape index (κ3) is 2.15. The van der Waals surface area contributed by atoms with E-state index in [0.29, 0.717) is 0 Å². The molecule has 0 aromatic carbocycles. The molecule has 0 atom stereocenters. The number of anilines is 1. The number of hydrogen-bond acceptors (Lipinski definition) is 4. The molecular weight excluding hydrogens is 164 g/mol. The molecule has 0 bridgehead atoms. The first-order chi connectivity index (χ1) is 6.47. The van der Waals surface area contributed by atoms with Crippen LogP contribution in [-0.2, 0) is 0 Å². The molecule has 0 saturated carbocycles. The van der Waals surface area contributed by atoms with E-state index in [1.165, 1.54) is 6.42 Å². The van der Waals surface area contributed by atoms with E-state index in [1.807, 2.05) is 12.4 Å². The molecule has 1 fully saturated rings. The summed E-state index contributed by atoms with van der Waals surface area (Å²) in [5, 5.41) is 3.36. The Morgan fingerprint density at radius 2 is 2.00 bits per heavy atom. The van der Waals surface area contributed by atoms with Gasteiger partial charge in [0, 0.05) is 19.6 Å². The monoisotopic (exact) mass is 178 g/mol. The average molecular weight is 178 g/mol. The largest absolute Gasteiger partial charge is 0.368 e. The summed E-state index contributed by atoms with van der Waals surface area (Å²) in [7, 11) is 0. The molecule has 4 nitrogen and oxygen atoms in total. The minimum atomic E-state index is 1.05. The van der Waals surface area contributed by atoms with Crippen LogP contribution in [0.25, 0.3) is 0 Å². The molecule has 1 aliphatic rings. The van der Waals surface area contributed by atoms with Gasteiger partial charge in [-0.2, -0.15) is 0 Å². The molecule has 1 saturated heterocycles. The summed E-state index contributed by atoms with van der Waals surface area (Å²) in [6.45, 7) is 4.31. The van der Waals surface area contributed by atoms with E-state index in [-0.39, 0.29) is 0 Å². The van der Waals surface area contributed by atoms with Crippen molar-refractivity contribution in [2.75, 3.05) is 31.1 Å². The highest BCUT2D eigenvalue weighted by atomic mass is 15.2. The van der Waals surface area contributed by atoms with Gasteiger partial charge in [-0.3, -0.25) is 0 Å². The number of nitrogens with one attached hydrogen (secondary N) is 1. The van der Waals surface area contributed by atoms with Crippen LogP contribution in [0.5, 0.6) is 0 Å². The first kappa shape index (κ1) is 8.44. The van der Waals surface area contributed by atoms with Gasteiger partial charge in [0.05, 0.1) is 18.1 Å². The summed E-state index contributed by atoms with van der Waals surface area (Å²) in [4.78, 5) is 10.4. The van der Waals surface area contributed by atoms with Gasteiger partial charge >= 0.3 is 0 Å². The van der Waals surface area contributed by atoms with Gasteiger partial charge in [0.2, 0.25) is 0 Å². The van der Waals surface area contributed by atoms with Crippen molar-refractivity contribution >= 4 is 5.69 Å². The molecule has 0 radical (unpaired) electrons. The zero-order chi connectivity index (χ0) is 8.93. The van der Waals surface area contributed by atoms with Crippen LogP contribution in [0.3, 0.4) is 0 Å². The summed E-state index contributed by atoms with van der Waals surface area (Å²) in [5.74, 6) is 0. The number of nitrogens with zero attached hydrogens (tertiary/aromatic N) is 3. The molecule has 4 heteroatoms. The first-order valence-corrected chi connectivity index (χ1v) is 4.67. The van der Waals surface area contributed by atoms with Crippen LogP contribution < -0.4 is 10.2 Å². The summed E-state index contributed by atoms with van der Waals surface area (Å²) in [6.07, 6.45) is 6.51. The van der Waals surface area contributed by atoms with Crippen LogP contribution in [-0.4, -0.2) is 36.1 Å². The van der Waals surface area contributed by atoms with Crippen LogP contribution in [0, 0.1) is 0 Å². The molecule has 2 rings (SSSR count). The topological polar surface area (TPSA) is 41.1 Å². The lowest BCUT2D eigenvalue weighted by Crippen LogP contribution is -2.27. The third-order valence-electron chi connectivity index (χ3n) is 2.25. The van der Waals surface area contributed by atoms with E-state index in [1.54, 1.807) is 6.33 Å². The molecule has 0 aliphatic carbocycles. The molecule has 1 aliphatic heterocycles. The van der Waals surface area contributed by atoms with Crippen LogP contribution >= 0.6 is 0 Å². The molecule has 0 spiro atoms. The molecule has 2 heterocycles. The summed E-state index contributed by atoms with van der Waals surface area (Å²) >= 11 is 0. The van der Waals surface area contributed by atoms with Crippen molar-refractivity contribution < 1.29 is 0 Å². The van der Waals surface area contributed by atoms with Gasteiger partial charge in [0.15, 0.2) is 0 Å². The second-order valence-corrected chi connectivity index (χ2v) is 3.19. The zero-order valence-electron chi connectivity index (χ0n) is 7.61. The smallest absolute Gasteiger partial charge is 0.115 e. The standard InChI is InChI=1S/C9H14N4/c1-2-10-3-5-13(4-1)9-6-11-8-12-7-9/h6-8,10H,1-5H2. The number of rotatable bonds is 1. The lowest BCUT2D eigenvalue weighted by molar-refractivity contribution is 0.724. The van der Waals surface area contributed by atoms with Gasteiger partial charge in [0.25, 0.3) is 0 Å². The Bertz CT molecular complexity index is 241. The Hall–Kier alpha value is -1.16. The van der Waals surface area contributed by atoms with Crippen LogP contribution in [0.15, 0.2) is 18.7 Å². The fourth-order valence-electron chi connectivity index (χ4n) is 1.56. The van der Waals surface area contributed by atoms with Crippen molar-refractivity contribution in [1.82, 2.24) is 15.3 Å². The fourth-order valence-corrected chi connectivity index (χ4v) is 1.56. The van der Waals surface area contributed by atoms with Gasteiger partial charge in [-0.15, -0.1) is 0 Å². The van der Waals surface area contributed by atoms with Gasteiger partial charge in [-0.1, -0.05) is 0 Å². The van der Waals surface area contributed by atoms with Gasteiger partial charge < -0.3 is 10.2 Å². The molecule has 70 valence electrons. The molecule has 1 aromatic rings. The highest BCUT2D eigenvalue weighted by Crippen LogP contribution is 2.10. The van der Waals surface area contributed by atoms with Crippen molar-refractivity contribution in [3.05, 3.63) is 18.7 Å². The predicted molar refractivity (Wildman–Crippen MR) is 51.7 cm³/mol. The first-order valence-electron chi connectivity index (χ1n) is 4.67. The zero-order valence-corrected chi connectivity index (χ0v) is 7.61. The summed E-state index contributed by atoms with van der Waals surface area (Å²) in [6, 6.07) is 0. The van der Waals surface area contributed by atoms with Crippen molar-refractivity contribution in [2.24, 2.45) is 0 Å². The Morgan fingerprint density at radius 3 is 2.85 bits per heavy atom. The van der Waals surface area contributed by atoms with Gasteiger partial charge in [-0.25, -0.2) is 9.97 Å². The van der Waals surface area contributed by atoms with Gasteiger partial charge in [0.1, 0.15) is 6.33 Å². The molecule has 13 heavy (non-hydrogen) atoms. The quantitative estimate of drug-likeness (QED) is 0.670. The maximum Gasteiger partial charge on any atom is 0.115 e. The Morgan fingerprint density at radius 1 is 1.15 bits per heavy atom. The highest BCUT2D eigenvalue weighted by molar-refractivity contribution is 5.41. The van der Waals surface area contributed by atoms with Crippen LogP contribution in [0.1, 0.15) is 6.42 Å². The molecule has 1 N–H and O–H groups in total. The van der Waals surface area contributed by atoms with E-state index < -0.39 is 0 Å². The van der Waals surface area contributed by atoms with E-state index in [9.17, 15) is 0 Å². The Labute approximate surface area is 78.0 Å². The summed E-state index contributed by atoms with van der Waals surface area (Å²) in [5.41, 5.74) is 1.13. The van der Waals surface area contributed by atoms with Crippen molar-refractivity contribution in [1.29, 1.82) is 0 Å². The lowest BCUT2D eigenvalue weighted by Gasteiger charge is -2.20. The van der Waals surface area contributed by atoms with Gasteiger partial charge in [-0.05, 0) is 13.0 Å². The van der Waals surface area contributed by atoms with Crippen LogP contribution in [0.2, 0.25) is 0 Å². The summed E-state index contributed by atoms with van der Waals surface area (Å²) < 4.78 is 0. The van der Waals surface area contributed by atoms with Crippen LogP contribution in [0.4, 0.5) is 5.69 Å². The maximum atomic E-state index is 4.02. The minimum Gasteiger partial charge on any atom is -0.368 e. The Kier molecular flexibility index (Phi) is 2.72. The second kappa shape index (κ2) is 4.18. The van der Waals surface area contributed by atoms with E-state index >= 15 is 0 Å². The van der Waals surface area contributed by atoms with E-state index in [0.717, 1.165) is 31.9 Å². The average Bonchev–Trinajstić information content (AvgIpc) is 2.47. The predicted octanol–water partition coefficient (Wildman–Crippen LogP) is 0.276. The number of hydrogen-bond donors (Lipinski definition) is 1. The van der Waals surface area contributed by atoms with Crippen molar-refractivity contribution in [3.63, 3.8) is 0 Å². The van der Waals surface area contributed by atoms with Crippen molar-refractivity contribution in [3.8, 4) is 0 Å². The maximum absolute atomic E-state index is 4.02. The molecule has 0 unspecified atom stereocenters. The Balaban J connectivity index is 2.06. The number of aromatic nitrogens is 2. The molecule has 1 aromatic heterocycles. The lowest BCUT2D eigenvalue weighted by atomic mass is 10.3. The highest BCUT2D eigenvalue weighted by Gasteiger charge is 2.08. The molecule has 0 amide bonds.